The van der Waals surface area contributed by atoms with Crippen molar-refractivity contribution in [1.82, 2.24) is 14.6 Å². The van der Waals surface area contributed by atoms with Gasteiger partial charge in [-0.3, -0.25) is 0 Å². The van der Waals surface area contributed by atoms with Crippen LogP contribution in [-0.2, 0) is 0 Å². The number of fused-ring (bicyclic) bond motifs is 1. The first kappa shape index (κ1) is 7.55. The summed E-state index contributed by atoms with van der Waals surface area (Å²) in [6.45, 7) is 1.74. The molecule has 0 saturated carbocycles. The molecule has 0 bridgehead atoms. The Labute approximate surface area is 73.9 Å². The van der Waals surface area contributed by atoms with Gasteiger partial charge in [0.1, 0.15) is 11.6 Å². The number of aromatic nitrogens is 3. The highest BCUT2D eigenvalue weighted by Crippen LogP contribution is 2.15. The van der Waals surface area contributed by atoms with Crippen molar-refractivity contribution in [3.8, 4) is 11.9 Å². The lowest BCUT2D eigenvalue weighted by atomic mass is 10.3. The van der Waals surface area contributed by atoms with E-state index in [2.05, 4.69) is 10.1 Å². The first-order valence-electron chi connectivity index (χ1n) is 3.67. The van der Waals surface area contributed by atoms with Crippen LogP contribution in [0.4, 0.5) is 0 Å². The van der Waals surface area contributed by atoms with E-state index < -0.39 is 0 Å². The van der Waals surface area contributed by atoms with Crippen molar-refractivity contribution in [3.63, 3.8) is 0 Å². The van der Waals surface area contributed by atoms with Crippen LogP contribution >= 0.6 is 0 Å². The highest BCUT2D eigenvalue weighted by atomic mass is 16.3. The SMILES string of the molecule is Cc1cc(O)n2ncc(C#N)c2n1. The van der Waals surface area contributed by atoms with Gasteiger partial charge < -0.3 is 5.11 Å². The summed E-state index contributed by atoms with van der Waals surface area (Å²) in [5.74, 6) is -0.0102. The molecular formula is C8H6N4O. The number of aryl methyl sites for hydroxylation is 1. The molecule has 0 unspecified atom stereocenters. The molecule has 0 aliphatic rings. The Morgan fingerprint density at radius 2 is 2.38 bits per heavy atom. The molecule has 0 spiro atoms. The fourth-order valence-electron chi connectivity index (χ4n) is 1.14. The molecular weight excluding hydrogens is 168 g/mol. The summed E-state index contributed by atoms with van der Waals surface area (Å²) >= 11 is 0. The number of nitrogens with zero attached hydrogens (tertiary/aromatic N) is 4. The lowest BCUT2D eigenvalue weighted by Gasteiger charge is -1.97. The molecule has 0 radical (unpaired) electrons. The second-order valence-corrected chi connectivity index (χ2v) is 2.66. The van der Waals surface area contributed by atoms with Gasteiger partial charge >= 0.3 is 0 Å². The van der Waals surface area contributed by atoms with E-state index >= 15 is 0 Å². The van der Waals surface area contributed by atoms with E-state index in [-0.39, 0.29) is 5.88 Å². The highest BCUT2D eigenvalue weighted by molar-refractivity contribution is 5.55. The summed E-state index contributed by atoms with van der Waals surface area (Å²) in [6.07, 6.45) is 1.38. The van der Waals surface area contributed by atoms with E-state index in [9.17, 15) is 5.11 Å². The summed E-state index contributed by atoms with van der Waals surface area (Å²) in [7, 11) is 0. The zero-order valence-corrected chi connectivity index (χ0v) is 6.89. The van der Waals surface area contributed by atoms with Gasteiger partial charge in [-0.2, -0.15) is 14.9 Å². The number of nitriles is 1. The van der Waals surface area contributed by atoms with E-state index in [1.54, 1.807) is 6.92 Å². The third-order valence-electron chi connectivity index (χ3n) is 1.70. The van der Waals surface area contributed by atoms with Gasteiger partial charge in [0.2, 0.25) is 5.88 Å². The van der Waals surface area contributed by atoms with Crippen LogP contribution in [0.1, 0.15) is 11.3 Å². The lowest BCUT2D eigenvalue weighted by molar-refractivity contribution is 0.434. The van der Waals surface area contributed by atoms with Crippen LogP contribution in [0.25, 0.3) is 5.65 Å². The van der Waals surface area contributed by atoms with Crippen LogP contribution in [0.5, 0.6) is 5.88 Å². The van der Waals surface area contributed by atoms with Crippen molar-refractivity contribution in [1.29, 1.82) is 5.26 Å². The molecule has 0 aliphatic carbocycles. The molecule has 0 saturated heterocycles. The van der Waals surface area contributed by atoms with Crippen LogP contribution in [0.2, 0.25) is 0 Å². The lowest BCUT2D eigenvalue weighted by Crippen LogP contribution is -1.93. The second-order valence-electron chi connectivity index (χ2n) is 2.66. The molecule has 5 nitrogen and oxygen atoms in total. The Balaban J connectivity index is 2.92. The van der Waals surface area contributed by atoms with Gasteiger partial charge in [-0.1, -0.05) is 0 Å². The number of aromatic hydroxyl groups is 1. The van der Waals surface area contributed by atoms with E-state index in [4.69, 9.17) is 5.26 Å². The number of hydrogen-bond donors (Lipinski definition) is 1. The molecule has 2 heterocycles. The van der Waals surface area contributed by atoms with Crippen molar-refractivity contribution in [2.24, 2.45) is 0 Å². The zero-order valence-electron chi connectivity index (χ0n) is 6.89. The molecule has 2 rings (SSSR count). The van der Waals surface area contributed by atoms with Crippen LogP contribution in [0, 0.1) is 18.3 Å². The van der Waals surface area contributed by atoms with Crippen molar-refractivity contribution in [2.45, 2.75) is 6.92 Å². The molecule has 0 aliphatic heterocycles. The van der Waals surface area contributed by atoms with Crippen molar-refractivity contribution >= 4 is 5.65 Å². The molecule has 2 aromatic heterocycles. The van der Waals surface area contributed by atoms with Crippen LogP contribution in [0.15, 0.2) is 12.3 Å². The Morgan fingerprint density at radius 1 is 1.62 bits per heavy atom. The van der Waals surface area contributed by atoms with E-state index in [0.717, 1.165) is 0 Å². The summed E-state index contributed by atoms with van der Waals surface area (Å²) in [5.41, 5.74) is 1.40. The minimum atomic E-state index is -0.0102. The quantitative estimate of drug-likeness (QED) is 0.635. The molecule has 0 amide bonds. The second kappa shape index (κ2) is 2.45. The third kappa shape index (κ3) is 0.999. The maximum Gasteiger partial charge on any atom is 0.215 e. The topological polar surface area (TPSA) is 74.2 Å². The fraction of sp³-hybridized carbons (Fsp3) is 0.125. The highest BCUT2D eigenvalue weighted by Gasteiger charge is 2.08. The molecule has 0 fully saturated rings. The summed E-state index contributed by atoms with van der Waals surface area (Å²) in [4.78, 5) is 4.09. The number of hydrogen-bond acceptors (Lipinski definition) is 4. The van der Waals surface area contributed by atoms with Crippen molar-refractivity contribution in [2.75, 3.05) is 0 Å². The predicted molar refractivity (Wildman–Crippen MR) is 44.1 cm³/mol. The summed E-state index contributed by atoms with van der Waals surface area (Å²) in [5, 5.41) is 21.9. The zero-order chi connectivity index (χ0) is 9.42. The van der Waals surface area contributed by atoms with Crippen molar-refractivity contribution < 1.29 is 5.11 Å². The normalized spacial score (nSPS) is 10.2. The van der Waals surface area contributed by atoms with E-state index in [0.29, 0.717) is 16.9 Å². The van der Waals surface area contributed by atoms with Gasteiger partial charge in [0.05, 0.1) is 6.20 Å². The van der Waals surface area contributed by atoms with E-state index in [1.807, 2.05) is 6.07 Å². The molecule has 13 heavy (non-hydrogen) atoms. The van der Waals surface area contributed by atoms with Gasteiger partial charge in [-0.15, -0.1) is 0 Å². The Bertz CT molecular complexity index is 509. The van der Waals surface area contributed by atoms with Gasteiger partial charge in [-0.05, 0) is 6.92 Å². The van der Waals surface area contributed by atoms with Crippen molar-refractivity contribution in [3.05, 3.63) is 23.5 Å². The molecule has 1 N–H and O–H groups in total. The Kier molecular flexibility index (Phi) is 1.43. The maximum atomic E-state index is 9.41. The van der Waals surface area contributed by atoms with Gasteiger partial charge in [0.25, 0.3) is 0 Å². The maximum absolute atomic E-state index is 9.41. The predicted octanol–water partition coefficient (Wildman–Crippen LogP) is 0.615. The monoisotopic (exact) mass is 174 g/mol. The Hall–Kier alpha value is -2.09. The van der Waals surface area contributed by atoms with E-state index in [1.165, 1.54) is 16.8 Å². The van der Waals surface area contributed by atoms with Gasteiger partial charge in [0.15, 0.2) is 5.65 Å². The number of rotatable bonds is 0. The fourth-order valence-corrected chi connectivity index (χ4v) is 1.14. The minimum absolute atomic E-state index is 0.0102. The largest absolute Gasteiger partial charge is 0.493 e. The van der Waals surface area contributed by atoms with Gasteiger partial charge in [0, 0.05) is 11.8 Å². The summed E-state index contributed by atoms with van der Waals surface area (Å²) < 4.78 is 1.23. The molecule has 2 aromatic rings. The van der Waals surface area contributed by atoms with Crippen LogP contribution < -0.4 is 0 Å². The molecule has 0 atom stereocenters. The average molecular weight is 174 g/mol. The minimum Gasteiger partial charge on any atom is -0.493 e. The first-order chi connectivity index (χ1) is 6.22. The smallest absolute Gasteiger partial charge is 0.215 e. The molecule has 0 aromatic carbocycles. The molecule has 64 valence electrons. The molecule has 5 heteroatoms. The first-order valence-corrected chi connectivity index (χ1v) is 3.67. The van der Waals surface area contributed by atoms with Crippen LogP contribution in [-0.4, -0.2) is 19.7 Å². The van der Waals surface area contributed by atoms with Crippen LogP contribution in [0.3, 0.4) is 0 Å². The van der Waals surface area contributed by atoms with Gasteiger partial charge in [-0.25, -0.2) is 4.98 Å². The summed E-state index contributed by atoms with van der Waals surface area (Å²) in [6, 6.07) is 3.43. The average Bonchev–Trinajstić information content (AvgIpc) is 2.47. The Morgan fingerprint density at radius 3 is 3.08 bits per heavy atom. The third-order valence-corrected chi connectivity index (χ3v) is 1.70. The standard InChI is InChI=1S/C8H6N4O/c1-5-2-7(13)12-8(11-5)6(3-9)4-10-12/h2,4,13H,1H3.